The van der Waals surface area contributed by atoms with Crippen molar-refractivity contribution in [3.8, 4) is 11.1 Å². The van der Waals surface area contributed by atoms with Crippen LogP contribution in [0.1, 0.15) is 25.0 Å². The Kier molecular flexibility index (Phi) is 2.37. The summed E-state index contributed by atoms with van der Waals surface area (Å²) in [7, 11) is 0. The van der Waals surface area contributed by atoms with Gasteiger partial charge in [-0.1, -0.05) is 74.5 Å². The second kappa shape index (κ2) is 4.23. The van der Waals surface area contributed by atoms with Crippen LogP contribution in [0.15, 0.2) is 72.8 Å². The first-order chi connectivity index (χ1) is 11.2. The molecular formula is C23H18. The quantitative estimate of drug-likeness (QED) is 0.357. The summed E-state index contributed by atoms with van der Waals surface area (Å²) in [4.78, 5) is 0. The van der Waals surface area contributed by atoms with E-state index in [9.17, 15) is 0 Å². The fourth-order valence-corrected chi connectivity index (χ4v) is 4.19. The van der Waals surface area contributed by atoms with Crippen LogP contribution < -0.4 is 0 Å². The molecule has 4 aromatic rings. The molecule has 0 saturated heterocycles. The van der Waals surface area contributed by atoms with Gasteiger partial charge in [0.05, 0.1) is 0 Å². The Morgan fingerprint density at radius 1 is 0.609 bits per heavy atom. The molecule has 0 heterocycles. The van der Waals surface area contributed by atoms with Gasteiger partial charge in [-0.2, -0.15) is 0 Å². The minimum absolute atomic E-state index is 0.0543. The smallest absolute Gasteiger partial charge is 0.0159 e. The molecule has 4 aromatic carbocycles. The highest BCUT2D eigenvalue weighted by atomic mass is 14.4. The highest BCUT2D eigenvalue weighted by molar-refractivity contribution is 6.05. The minimum Gasteiger partial charge on any atom is -0.0616 e. The van der Waals surface area contributed by atoms with Crippen LogP contribution >= 0.6 is 0 Å². The van der Waals surface area contributed by atoms with Gasteiger partial charge in [0.2, 0.25) is 0 Å². The van der Waals surface area contributed by atoms with Gasteiger partial charge in [0.15, 0.2) is 0 Å². The topological polar surface area (TPSA) is 0 Å². The van der Waals surface area contributed by atoms with Gasteiger partial charge in [-0.25, -0.2) is 0 Å². The maximum Gasteiger partial charge on any atom is 0.0159 e. The van der Waals surface area contributed by atoms with Crippen LogP contribution in [0.25, 0.3) is 32.7 Å². The van der Waals surface area contributed by atoms with E-state index < -0.39 is 0 Å². The molecule has 1 aliphatic rings. The van der Waals surface area contributed by atoms with Crippen molar-refractivity contribution in [2.45, 2.75) is 19.3 Å². The monoisotopic (exact) mass is 294 g/mol. The van der Waals surface area contributed by atoms with Gasteiger partial charge >= 0.3 is 0 Å². The van der Waals surface area contributed by atoms with Crippen LogP contribution in [-0.2, 0) is 5.41 Å². The Hall–Kier alpha value is -2.60. The molecule has 0 saturated carbocycles. The van der Waals surface area contributed by atoms with Gasteiger partial charge < -0.3 is 0 Å². The maximum atomic E-state index is 2.39. The van der Waals surface area contributed by atoms with Crippen molar-refractivity contribution < 1.29 is 0 Å². The zero-order valence-electron chi connectivity index (χ0n) is 13.4. The Morgan fingerprint density at radius 2 is 1.26 bits per heavy atom. The van der Waals surface area contributed by atoms with Crippen LogP contribution in [0.3, 0.4) is 0 Å². The Morgan fingerprint density at radius 3 is 2.04 bits per heavy atom. The lowest BCUT2D eigenvalue weighted by Gasteiger charge is -2.22. The summed E-state index contributed by atoms with van der Waals surface area (Å²) in [5.41, 5.74) is 5.78. The van der Waals surface area contributed by atoms with E-state index in [1.807, 2.05) is 0 Å². The number of benzene rings is 4. The van der Waals surface area contributed by atoms with Crippen molar-refractivity contribution in [2.75, 3.05) is 0 Å². The molecule has 0 aromatic heterocycles. The van der Waals surface area contributed by atoms with E-state index in [-0.39, 0.29) is 5.41 Å². The molecule has 0 radical (unpaired) electrons. The van der Waals surface area contributed by atoms with Gasteiger partial charge in [-0.15, -0.1) is 0 Å². The van der Waals surface area contributed by atoms with Crippen LogP contribution in [0, 0.1) is 0 Å². The van der Waals surface area contributed by atoms with Crippen molar-refractivity contribution >= 4 is 21.5 Å². The Labute approximate surface area is 136 Å². The van der Waals surface area contributed by atoms with E-state index in [1.54, 1.807) is 0 Å². The zero-order chi connectivity index (χ0) is 15.6. The minimum atomic E-state index is 0.0543. The molecule has 110 valence electrons. The largest absolute Gasteiger partial charge is 0.0616 e. The predicted molar refractivity (Wildman–Crippen MR) is 99.0 cm³/mol. The number of hydrogen-bond acceptors (Lipinski definition) is 0. The average molecular weight is 294 g/mol. The summed E-state index contributed by atoms with van der Waals surface area (Å²) >= 11 is 0. The first kappa shape index (κ1) is 12.9. The zero-order valence-corrected chi connectivity index (χ0v) is 13.4. The number of rotatable bonds is 0. The average Bonchev–Trinajstić information content (AvgIpc) is 2.81. The molecule has 1 aliphatic carbocycles. The lowest BCUT2D eigenvalue weighted by Crippen LogP contribution is -2.14. The highest BCUT2D eigenvalue weighted by Gasteiger charge is 2.36. The van der Waals surface area contributed by atoms with Crippen molar-refractivity contribution in [2.24, 2.45) is 0 Å². The molecule has 0 amide bonds. The van der Waals surface area contributed by atoms with Crippen molar-refractivity contribution in [3.63, 3.8) is 0 Å². The van der Waals surface area contributed by atoms with E-state index in [1.165, 1.54) is 43.8 Å². The molecule has 0 heteroatoms. The lowest BCUT2D eigenvalue weighted by atomic mass is 9.81. The third-order valence-corrected chi connectivity index (χ3v) is 5.43. The van der Waals surface area contributed by atoms with E-state index in [0.717, 1.165) is 0 Å². The van der Waals surface area contributed by atoms with E-state index in [4.69, 9.17) is 0 Å². The van der Waals surface area contributed by atoms with Crippen LogP contribution in [0.4, 0.5) is 0 Å². The molecule has 5 rings (SSSR count). The third-order valence-electron chi connectivity index (χ3n) is 5.43. The van der Waals surface area contributed by atoms with Gasteiger partial charge in [0.25, 0.3) is 0 Å². The van der Waals surface area contributed by atoms with E-state index in [2.05, 4.69) is 86.6 Å². The predicted octanol–water partition coefficient (Wildman–Crippen LogP) is 6.30. The molecule has 0 N–H and O–H groups in total. The van der Waals surface area contributed by atoms with E-state index in [0.29, 0.717) is 0 Å². The van der Waals surface area contributed by atoms with Crippen molar-refractivity contribution in [3.05, 3.63) is 83.9 Å². The second-order valence-corrected chi connectivity index (χ2v) is 7.08. The summed E-state index contributed by atoms with van der Waals surface area (Å²) in [5, 5.41) is 5.34. The van der Waals surface area contributed by atoms with Crippen LogP contribution in [0.5, 0.6) is 0 Å². The number of hydrogen-bond donors (Lipinski definition) is 0. The summed E-state index contributed by atoms with van der Waals surface area (Å²) < 4.78 is 0. The Balaban J connectivity index is 1.99. The SMILES string of the molecule is CC1(C)c2cc3ccccc3cc2-c2c1ccc1ccccc21. The molecule has 0 atom stereocenters. The molecule has 0 nitrogen and oxygen atoms in total. The van der Waals surface area contributed by atoms with Crippen molar-refractivity contribution in [1.82, 2.24) is 0 Å². The van der Waals surface area contributed by atoms with Crippen LogP contribution in [-0.4, -0.2) is 0 Å². The maximum absolute atomic E-state index is 2.39. The summed E-state index contributed by atoms with van der Waals surface area (Å²) in [5.74, 6) is 0. The van der Waals surface area contributed by atoms with Gasteiger partial charge in [-0.05, 0) is 55.9 Å². The normalized spacial score (nSPS) is 14.9. The fraction of sp³-hybridized carbons (Fsp3) is 0.130. The first-order valence-corrected chi connectivity index (χ1v) is 8.22. The Bertz CT molecular complexity index is 1080. The van der Waals surface area contributed by atoms with E-state index >= 15 is 0 Å². The fourth-order valence-electron chi connectivity index (χ4n) is 4.19. The molecule has 0 unspecified atom stereocenters. The van der Waals surface area contributed by atoms with Gasteiger partial charge in [0, 0.05) is 5.41 Å². The summed E-state index contributed by atoms with van der Waals surface area (Å²) in [6.07, 6.45) is 0. The molecule has 0 fully saturated rings. The third kappa shape index (κ3) is 1.61. The molecular weight excluding hydrogens is 276 g/mol. The lowest BCUT2D eigenvalue weighted by molar-refractivity contribution is 0.661. The highest BCUT2D eigenvalue weighted by Crippen LogP contribution is 2.52. The van der Waals surface area contributed by atoms with Gasteiger partial charge in [0.1, 0.15) is 0 Å². The van der Waals surface area contributed by atoms with Gasteiger partial charge in [-0.3, -0.25) is 0 Å². The first-order valence-electron chi connectivity index (χ1n) is 8.22. The molecule has 0 bridgehead atoms. The number of fused-ring (bicyclic) bond motifs is 6. The molecule has 23 heavy (non-hydrogen) atoms. The summed E-state index contributed by atoms with van der Waals surface area (Å²) in [6, 6.07) is 26.8. The van der Waals surface area contributed by atoms with Crippen LogP contribution in [0.2, 0.25) is 0 Å². The van der Waals surface area contributed by atoms with Crippen molar-refractivity contribution in [1.29, 1.82) is 0 Å². The standard InChI is InChI=1S/C23H18/c1-23(2)20-12-11-15-7-5-6-10-18(15)22(20)19-13-16-8-3-4-9-17(16)14-21(19)23/h3-14H,1-2H3. The molecule has 0 aliphatic heterocycles. The molecule has 0 spiro atoms. The summed E-state index contributed by atoms with van der Waals surface area (Å²) in [6.45, 7) is 4.70. The second-order valence-electron chi connectivity index (χ2n) is 7.08.